The van der Waals surface area contributed by atoms with Crippen LogP contribution in [0.5, 0.6) is 0 Å². The maximum Gasteiger partial charge on any atom is 0.340 e. The molecule has 1 amide bonds. The van der Waals surface area contributed by atoms with Gasteiger partial charge in [-0.15, -0.1) is 5.10 Å². The van der Waals surface area contributed by atoms with Crippen LogP contribution in [0.15, 0.2) is 28.4 Å². The first-order valence-electron chi connectivity index (χ1n) is 6.11. The minimum absolute atomic E-state index is 0.107. The monoisotopic (exact) mass is 325 g/mol. The molecule has 0 bridgehead atoms. The third-order valence-electron chi connectivity index (χ3n) is 2.46. The molecule has 0 atom stereocenters. The molecule has 0 radical (unpaired) electrons. The first kappa shape index (κ1) is 15.5. The van der Waals surface area contributed by atoms with Gasteiger partial charge in [-0.25, -0.2) is 4.79 Å². The van der Waals surface area contributed by atoms with Gasteiger partial charge in [-0.05, 0) is 13.0 Å². The van der Waals surface area contributed by atoms with E-state index in [0.717, 1.165) is 0 Å². The van der Waals surface area contributed by atoms with Crippen LogP contribution in [0.4, 0.5) is 0 Å². The number of hydrogen-bond acceptors (Lipinski definition) is 6. The molecule has 21 heavy (non-hydrogen) atoms. The van der Waals surface area contributed by atoms with E-state index in [1.165, 1.54) is 18.0 Å². The molecule has 1 aromatic rings. The summed E-state index contributed by atoms with van der Waals surface area (Å²) in [7, 11) is 0. The van der Waals surface area contributed by atoms with Crippen molar-refractivity contribution in [2.75, 3.05) is 12.4 Å². The Morgan fingerprint density at radius 2 is 2.38 bits per heavy atom. The van der Waals surface area contributed by atoms with E-state index in [0.29, 0.717) is 16.5 Å². The first-order valence-corrected chi connectivity index (χ1v) is 7.47. The molecule has 8 heteroatoms. The van der Waals surface area contributed by atoms with Crippen LogP contribution in [0.3, 0.4) is 0 Å². The molecule has 1 saturated heterocycles. The van der Waals surface area contributed by atoms with Crippen LogP contribution >= 0.6 is 23.4 Å². The van der Waals surface area contributed by atoms with Crippen molar-refractivity contribution in [3.63, 3.8) is 0 Å². The predicted molar refractivity (Wildman–Crippen MR) is 83.0 cm³/mol. The number of esters is 1. The van der Waals surface area contributed by atoms with Gasteiger partial charge in [-0.1, -0.05) is 35.5 Å². The number of rotatable bonds is 4. The minimum atomic E-state index is -0.513. The number of thioether (sulfide) groups is 1. The smallest absolute Gasteiger partial charge is 0.340 e. The van der Waals surface area contributed by atoms with Gasteiger partial charge in [0.05, 0.1) is 29.2 Å². The summed E-state index contributed by atoms with van der Waals surface area (Å²) in [5.74, 6) is -0.288. The van der Waals surface area contributed by atoms with E-state index < -0.39 is 5.97 Å². The van der Waals surface area contributed by atoms with Gasteiger partial charge in [0, 0.05) is 5.56 Å². The highest BCUT2D eigenvalue weighted by Crippen LogP contribution is 2.20. The van der Waals surface area contributed by atoms with Crippen LogP contribution in [0, 0.1) is 0 Å². The normalized spacial score (nSPS) is 16.5. The third-order valence-corrected chi connectivity index (χ3v) is 3.64. The zero-order valence-electron chi connectivity index (χ0n) is 11.1. The van der Waals surface area contributed by atoms with Crippen molar-refractivity contribution in [3.8, 4) is 0 Å². The van der Waals surface area contributed by atoms with Crippen molar-refractivity contribution >= 4 is 46.6 Å². The lowest BCUT2D eigenvalue weighted by Gasteiger charge is -2.06. The SMILES string of the molecule is CCOC(=O)c1c(Cl)cccc1C=NN=C1NC(=O)CS1. The fourth-order valence-electron chi connectivity index (χ4n) is 1.59. The standard InChI is InChI=1S/C13H12ClN3O3S/c1-2-20-12(19)11-8(4-3-5-9(11)14)6-15-17-13-16-10(18)7-21-13/h3-6H,2,7H2,1H3,(H,16,17,18). The zero-order valence-corrected chi connectivity index (χ0v) is 12.7. The predicted octanol–water partition coefficient (Wildman–Crippen LogP) is 2.07. The van der Waals surface area contributed by atoms with Crippen molar-refractivity contribution in [2.45, 2.75) is 6.92 Å². The highest BCUT2D eigenvalue weighted by Gasteiger charge is 2.17. The van der Waals surface area contributed by atoms with Gasteiger partial charge < -0.3 is 10.1 Å². The van der Waals surface area contributed by atoms with Gasteiger partial charge in [-0.2, -0.15) is 5.10 Å². The lowest BCUT2D eigenvalue weighted by molar-refractivity contribution is -0.116. The Morgan fingerprint density at radius 3 is 3.05 bits per heavy atom. The molecule has 1 aromatic carbocycles. The molecule has 0 aliphatic carbocycles. The van der Waals surface area contributed by atoms with Gasteiger partial charge in [0.2, 0.25) is 5.91 Å². The summed E-state index contributed by atoms with van der Waals surface area (Å²) in [6.07, 6.45) is 1.40. The number of amides is 1. The Balaban J connectivity index is 2.21. The van der Waals surface area contributed by atoms with Gasteiger partial charge in [0.15, 0.2) is 5.17 Å². The van der Waals surface area contributed by atoms with Crippen LogP contribution in [0.2, 0.25) is 5.02 Å². The number of carbonyl (C=O) groups is 2. The van der Waals surface area contributed by atoms with Gasteiger partial charge in [-0.3, -0.25) is 4.79 Å². The van der Waals surface area contributed by atoms with Crippen LogP contribution in [0.1, 0.15) is 22.8 Å². The average Bonchev–Trinajstić information content (AvgIpc) is 2.85. The van der Waals surface area contributed by atoms with E-state index in [1.54, 1.807) is 25.1 Å². The largest absolute Gasteiger partial charge is 0.462 e. The van der Waals surface area contributed by atoms with Crippen molar-refractivity contribution in [1.29, 1.82) is 0 Å². The van der Waals surface area contributed by atoms with Crippen molar-refractivity contribution in [2.24, 2.45) is 10.2 Å². The molecule has 1 aliphatic heterocycles. The van der Waals surface area contributed by atoms with E-state index in [2.05, 4.69) is 15.5 Å². The number of ether oxygens (including phenoxy) is 1. The average molecular weight is 326 g/mol. The van der Waals surface area contributed by atoms with E-state index in [-0.39, 0.29) is 23.1 Å². The summed E-state index contributed by atoms with van der Waals surface area (Å²) in [5, 5.41) is 11.0. The van der Waals surface area contributed by atoms with E-state index in [1.807, 2.05) is 0 Å². The molecule has 1 aliphatic rings. The van der Waals surface area contributed by atoms with Gasteiger partial charge in [0.25, 0.3) is 0 Å². The Hall–Kier alpha value is -1.86. The molecule has 1 N–H and O–H groups in total. The first-order chi connectivity index (χ1) is 10.1. The van der Waals surface area contributed by atoms with Crippen molar-refractivity contribution in [1.82, 2.24) is 5.32 Å². The fourth-order valence-corrected chi connectivity index (χ4v) is 2.48. The van der Waals surface area contributed by atoms with Gasteiger partial charge in [0.1, 0.15) is 0 Å². The molecule has 0 spiro atoms. The lowest BCUT2D eigenvalue weighted by Crippen LogP contribution is -2.19. The van der Waals surface area contributed by atoms with E-state index in [4.69, 9.17) is 16.3 Å². The number of amidine groups is 1. The summed E-state index contributed by atoms with van der Waals surface area (Å²) in [6, 6.07) is 4.98. The summed E-state index contributed by atoms with van der Waals surface area (Å²) in [4.78, 5) is 22.9. The molecular formula is C13H12ClN3O3S. The second-order valence-corrected chi connectivity index (χ2v) is 5.28. The van der Waals surface area contributed by atoms with Crippen LogP contribution < -0.4 is 5.32 Å². The Bertz CT molecular complexity index is 631. The number of nitrogens with zero attached hydrogens (tertiary/aromatic N) is 2. The lowest BCUT2D eigenvalue weighted by atomic mass is 10.1. The number of hydrogen-bond donors (Lipinski definition) is 1. The quantitative estimate of drug-likeness (QED) is 0.522. The maximum absolute atomic E-state index is 11.9. The second kappa shape index (κ2) is 7.24. The molecule has 0 saturated carbocycles. The molecule has 0 aromatic heterocycles. The molecule has 0 unspecified atom stereocenters. The van der Waals surface area contributed by atoms with Crippen LogP contribution in [-0.4, -0.2) is 35.6 Å². The molecule has 1 fully saturated rings. The molecule has 2 rings (SSSR count). The fraction of sp³-hybridized carbons (Fsp3) is 0.231. The Morgan fingerprint density at radius 1 is 1.57 bits per heavy atom. The molecule has 6 nitrogen and oxygen atoms in total. The second-order valence-electron chi connectivity index (χ2n) is 3.91. The number of benzene rings is 1. The zero-order chi connectivity index (χ0) is 15.2. The van der Waals surface area contributed by atoms with Gasteiger partial charge >= 0.3 is 5.97 Å². The summed E-state index contributed by atoms with van der Waals surface area (Å²) >= 11 is 7.29. The topological polar surface area (TPSA) is 80.1 Å². The third kappa shape index (κ3) is 4.05. The number of carbonyl (C=O) groups excluding carboxylic acids is 2. The highest BCUT2D eigenvalue weighted by molar-refractivity contribution is 8.15. The van der Waals surface area contributed by atoms with Crippen molar-refractivity contribution in [3.05, 3.63) is 34.3 Å². The number of nitrogens with one attached hydrogen (secondary N) is 1. The van der Waals surface area contributed by atoms with Crippen LogP contribution in [0.25, 0.3) is 0 Å². The summed E-state index contributed by atoms with van der Waals surface area (Å²) in [5.41, 5.74) is 0.743. The highest BCUT2D eigenvalue weighted by atomic mass is 35.5. The number of halogens is 1. The molecule has 110 valence electrons. The maximum atomic E-state index is 11.9. The molecule has 1 heterocycles. The summed E-state index contributed by atoms with van der Waals surface area (Å²) in [6.45, 7) is 1.97. The van der Waals surface area contributed by atoms with Crippen LogP contribution in [-0.2, 0) is 9.53 Å². The van der Waals surface area contributed by atoms with E-state index in [9.17, 15) is 9.59 Å². The molecular weight excluding hydrogens is 314 g/mol. The van der Waals surface area contributed by atoms with E-state index >= 15 is 0 Å². The Kier molecular flexibility index (Phi) is 5.35. The van der Waals surface area contributed by atoms with Crippen molar-refractivity contribution < 1.29 is 14.3 Å². The minimum Gasteiger partial charge on any atom is -0.462 e. The summed E-state index contributed by atoms with van der Waals surface area (Å²) < 4.78 is 4.96. The Labute approximate surface area is 130 Å².